The molecule has 2 nitrogen and oxygen atoms in total. The number of thioether (sulfide) groups is 1. The molecular formula is C20H26O2S2. The summed E-state index contributed by atoms with van der Waals surface area (Å²) in [5, 5.41) is 0. The van der Waals surface area contributed by atoms with E-state index in [1.54, 1.807) is 23.9 Å². The fourth-order valence-electron chi connectivity index (χ4n) is 2.85. The Kier molecular flexibility index (Phi) is 5.22. The van der Waals surface area contributed by atoms with Crippen molar-refractivity contribution in [3.05, 3.63) is 59.7 Å². The summed E-state index contributed by atoms with van der Waals surface area (Å²) in [6.45, 7) is 8.91. The summed E-state index contributed by atoms with van der Waals surface area (Å²) in [6, 6.07) is 16.0. The number of hydrogen-bond donors (Lipinski definition) is 0. The summed E-state index contributed by atoms with van der Waals surface area (Å²) >= 11 is 1.74. The summed E-state index contributed by atoms with van der Waals surface area (Å²) in [5.41, 5.74) is 2.16. The van der Waals surface area contributed by atoms with E-state index in [1.165, 1.54) is 16.7 Å². The monoisotopic (exact) mass is 362 g/mol. The normalized spacial score (nSPS) is 13.1. The highest BCUT2D eigenvalue weighted by molar-refractivity contribution is 7.98. The van der Waals surface area contributed by atoms with E-state index in [0.29, 0.717) is 4.90 Å². The van der Waals surface area contributed by atoms with Gasteiger partial charge in [0.15, 0.2) is 9.84 Å². The minimum Gasteiger partial charge on any atom is -0.224 e. The van der Waals surface area contributed by atoms with E-state index in [9.17, 15) is 8.42 Å². The van der Waals surface area contributed by atoms with Gasteiger partial charge in [-0.25, -0.2) is 8.42 Å². The maximum atomic E-state index is 11.7. The first kappa shape index (κ1) is 19.1. The molecule has 0 saturated heterocycles. The molecule has 0 bridgehead atoms. The van der Waals surface area contributed by atoms with Crippen LogP contribution in [0.1, 0.15) is 38.8 Å². The van der Waals surface area contributed by atoms with Crippen LogP contribution in [0.2, 0.25) is 0 Å². The van der Waals surface area contributed by atoms with E-state index >= 15 is 0 Å². The van der Waals surface area contributed by atoms with E-state index in [2.05, 4.69) is 58.2 Å². The highest BCUT2D eigenvalue weighted by atomic mass is 32.2. The van der Waals surface area contributed by atoms with Crippen LogP contribution in [-0.4, -0.2) is 20.9 Å². The van der Waals surface area contributed by atoms with Crippen LogP contribution in [0.15, 0.2) is 58.3 Å². The molecule has 0 spiro atoms. The Morgan fingerprint density at radius 3 is 1.46 bits per heavy atom. The molecule has 0 aromatic heterocycles. The second kappa shape index (κ2) is 6.57. The number of hydrogen-bond acceptors (Lipinski definition) is 3. The molecule has 4 heteroatoms. The topological polar surface area (TPSA) is 34.1 Å². The van der Waals surface area contributed by atoms with Gasteiger partial charge in [0.25, 0.3) is 0 Å². The Bertz CT molecular complexity index is 800. The van der Waals surface area contributed by atoms with Crippen molar-refractivity contribution in [2.75, 3.05) is 12.5 Å². The lowest BCUT2D eigenvalue weighted by atomic mass is 9.61. The quantitative estimate of drug-likeness (QED) is 0.697. The summed E-state index contributed by atoms with van der Waals surface area (Å²) in [5.74, 6) is 0. The second-order valence-corrected chi connectivity index (χ2v) is 10.2. The molecule has 24 heavy (non-hydrogen) atoms. The van der Waals surface area contributed by atoms with E-state index in [1.807, 2.05) is 12.1 Å². The summed E-state index contributed by atoms with van der Waals surface area (Å²) < 4.78 is 23.3. The lowest BCUT2D eigenvalue weighted by Crippen LogP contribution is -2.40. The average molecular weight is 363 g/mol. The van der Waals surface area contributed by atoms with Gasteiger partial charge >= 0.3 is 0 Å². The number of sulfone groups is 1. The maximum absolute atomic E-state index is 11.7. The van der Waals surface area contributed by atoms with Gasteiger partial charge in [0.05, 0.1) is 4.90 Å². The Balaban J connectivity index is 2.43. The van der Waals surface area contributed by atoms with Crippen LogP contribution in [0.5, 0.6) is 0 Å². The molecule has 0 radical (unpaired) electrons. The SMILES string of the molecule is CSc1ccc(C(C)(C)C(C)(C)c2ccc(S(C)(=O)=O)cc2)cc1. The van der Waals surface area contributed by atoms with Crippen LogP contribution in [0.3, 0.4) is 0 Å². The van der Waals surface area contributed by atoms with Gasteiger partial charge in [-0.2, -0.15) is 0 Å². The van der Waals surface area contributed by atoms with Crippen molar-refractivity contribution in [1.82, 2.24) is 0 Å². The molecule has 0 aliphatic carbocycles. The summed E-state index contributed by atoms with van der Waals surface area (Å²) in [6.07, 6.45) is 3.32. The molecular weight excluding hydrogens is 336 g/mol. The largest absolute Gasteiger partial charge is 0.224 e. The first-order valence-corrected chi connectivity index (χ1v) is 11.1. The van der Waals surface area contributed by atoms with Gasteiger partial charge in [-0.05, 0) is 52.5 Å². The highest BCUT2D eigenvalue weighted by Crippen LogP contribution is 2.44. The third-order valence-corrected chi connectivity index (χ3v) is 7.25. The Labute approximate surface area is 150 Å². The van der Waals surface area contributed by atoms with Crippen molar-refractivity contribution < 1.29 is 8.42 Å². The zero-order chi connectivity index (χ0) is 18.2. The minimum atomic E-state index is -3.16. The molecule has 0 atom stereocenters. The van der Waals surface area contributed by atoms with Gasteiger partial charge in [0.1, 0.15) is 0 Å². The lowest BCUT2D eigenvalue weighted by molar-refractivity contribution is 0.302. The van der Waals surface area contributed by atoms with Crippen molar-refractivity contribution in [3.63, 3.8) is 0 Å². The molecule has 0 amide bonds. The third-order valence-electron chi connectivity index (χ3n) is 5.38. The molecule has 0 heterocycles. The van der Waals surface area contributed by atoms with Gasteiger partial charge in [-0.15, -0.1) is 11.8 Å². The van der Waals surface area contributed by atoms with Crippen LogP contribution >= 0.6 is 11.8 Å². The molecule has 0 N–H and O–H groups in total. The van der Waals surface area contributed by atoms with Crippen LogP contribution in [0.25, 0.3) is 0 Å². The molecule has 2 aromatic carbocycles. The Morgan fingerprint density at radius 1 is 0.750 bits per heavy atom. The second-order valence-electron chi connectivity index (χ2n) is 7.28. The average Bonchev–Trinajstić information content (AvgIpc) is 2.54. The Hall–Kier alpha value is -1.26. The number of benzene rings is 2. The van der Waals surface area contributed by atoms with E-state index < -0.39 is 9.84 Å². The molecule has 2 aromatic rings. The van der Waals surface area contributed by atoms with Gasteiger partial charge in [0.2, 0.25) is 0 Å². The van der Waals surface area contributed by atoms with Crippen molar-refractivity contribution in [1.29, 1.82) is 0 Å². The molecule has 0 saturated carbocycles. The molecule has 0 unspecified atom stereocenters. The van der Waals surface area contributed by atoms with Crippen LogP contribution in [0.4, 0.5) is 0 Å². The van der Waals surface area contributed by atoms with Gasteiger partial charge in [0, 0.05) is 11.2 Å². The van der Waals surface area contributed by atoms with Crippen LogP contribution in [-0.2, 0) is 20.7 Å². The van der Waals surface area contributed by atoms with E-state index in [0.717, 1.165) is 5.56 Å². The predicted octanol–water partition coefficient (Wildman–Crippen LogP) is 5.07. The first-order valence-electron chi connectivity index (χ1n) is 7.95. The van der Waals surface area contributed by atoms with Crippen molar-refractivity contribution in [2.45, 2.75) is 48.3 Å². The fourth-order valence-corrected chi connectivity index (χ4v) is 3.89. The van der Waals surface area contributed by atoms with Crippen molar-refractivity contribution in [3.8, 4) is 0 Å². The van der Waals surface area contributed by atoms with E-state index in [-0.39, 0.29) is 10.8 Å². The zero-order valence-electron chi connectivity index (χ0n) is 15.3. The molecule has 2 rings (SSSR count). The minimum absolute atomic E-state index is 0.101. The van der Waals surface area contributed by atoms with E-state index in [4.69, 9.17) is 0 Å². The van der Waals surface area contributed by atoms with Crippen LogP contribution < -0.4 is 0 Å². The zero-order valence-corrected chi connectivity index (χ0v) is 16.9. The molecule has 0 aliphatic rings. The third kappa shape index (κ3) is 3.55. The maximum Gasteiger partial charge on any atom is 0.175 e. The predicted molar refractivity (Wildman–Crippen MR) is 104 cm³/mol. The standard InChI is InChI=1S/C20H26O2S2/c1-19(2,15-7-11-17(23-5)12-8-15)20(3,4)16-9-13-18(14-10-16)24(6,21)22/h7-14H,1-6H3. The first-order chi connectivity index (χ1) is 11.0. The molecule has 0 aliphatic heterocycles. The van der Waals surface area contributed by atoms with Crippen molar-refractivity contribution >= 4 is 21.6 Å². The summed E-state index contributed by atoms with van der Waals surface area (Å²) in [7, 11) is -3.16. The van der Waals surface area contributed by atoms with Gasteiger partial charge in [-0.1, -0.05) is 52.0 Å². The smallest absolute Gasteiger partial charge is 0.175 e. The van der Waals surface area contributed by atoms with Crippen LogP contribution in [0, 0.1) is 0 Å². The number of rotatable bonds is 5. The Morgan fingerprint density at radius 2 is 1.12 bits per heavy atom. The summed E-state index contributed by atoms with van der Waals surface area (Å²) in [4.78, 5) is 1.62. The molecule has 0 fully saturated rings. The van der Waals surface area contributed by atoms with Gasteiger partial charge < -0.3 is 0 Å². The molecule has 130 valence electrons. The highest BCUT2D eigenvalue weighted by Gasteiger charge is 2.39. The van der Waals surface area contributed by atoms with Crippen molar-refractivity contribution in [2.24, 2.45) is 0 Å². The lowest BCUT2D eigenvalue weighted by Gasteiger charge is -2.43. The fraction of sp³-hybridized carbons (Fsp3) is 0.400. The van der Waals surface area contributed by atoms with Gasteiger partial charge in [-0.3, -0.25) is 0 Å².